The van der Waals surface area contributed by atoms with Gasteiger partial charge in [0.15, 0.2) is 11.5 Å². The van der Waals surface area contributed by atoms with Gasteiger partial charge in [0, 0.05) is 23.0 Å². The van der Waals surface area contributed by atoms with Crippen LogP contribution < -0.4 is 24.2 Å². The summed E-state index contributed by atoms with van der Waals surface area (Å²) in [5.74, 6) is 0.399. The maximum absolute atomic E-state index is 13.0. The second-order valence-electron chi connectivity index (χ2n) is 6.88. The van der Waals surface area contributed by atoms with Gasteiger partial charge >= 0.3 is 0 Å². The molecule has 3 aromatic carbocycles. The maximum Gasteiger partial charge on any atom is 0.261 e. The van der Waals surface area contributed by atoms with Crippen LogP contribution in [-0.2, 0) is 14.8 Å². The van der Waals surface area contributed by atoms with E-state index in [9.17, 15) is 17.6 Å². The predicted octanol–water partition coefficient (Wildman–Crippen LogP) is 4.30. The molecule has 34 heavy (non-hydrogen) atoms. The first kappa shape index (κ1) is 24.6. The van der Waals surface area contributed by atoms with Gasteiger partial charge in [-0.05, 0) is 66.7 Å². The van der Waals surface area contributed by atoms with E-state index in [1.807, 2.05) is 0 Å². The molecule has 0 unspecified atom stereocenters. The average Bonchev–Trinajstić information content (AvgIpc) is 2.83. The van der Waals surface area contributed by atoms with Crippen molar-refractivity contribution < 1.29 is 31.8 Å². The molecule has 0 aliphatic carbocycles. The summed E-state index contributed by atoms with van der Waals surface area (Å²) in [7, 11) is 0.604. The van der Waals surface area contributed by atoms with Crippen molar-refractivity contribution in [2.45, 2.75) is 4.90 Å². The summed E-state index contributed by atoms with van der Waals surface area (Å²) < 4.78 is 56.3. The molecule has 3 aromatic rings. The first-order chi connectivity index (χ1) is 16.3. The van der Waals surface area contributed by atoms with E-state index in [4.69, 9.17) is 14.2 Å². The zero-order chi connectivity index (χ0) is 24.7. The monoisotopic (exact) mass is 486 g/mol. The lowest BCUT2D eigenvalue weighted by Crippen LogP contribution is -2.13. The van der Waals surface area contributed by atoms with E-state index in [-0.39, 0.29) is 10.6 Å². The number of carbonyl (C=O) groups excluding carboxylic acids is 1. The molecule has 0 saturated heterocycles. The molecule has 0 heterocycles. The zero-order valence-electron chi connectivity index (χ0n) is 18.7. The summed E-state index contributed by atoms with van der Waals surface area (Å²) in [6, 6.07) is 14.0. The minimum absolute atomic E-state index is 0.0135. The number of amides is 1. The van der Waals surface area contributed by atoms with Gasteiger partial charge in [-0.1, -0.05) is 0 Å². The minimum atomic E-state index is -3.87. The topological polar surface area (TPSA) is 103 Å². The fourth-order valence-electron chi connectivity index (χ4n) is 3.05. The number of carbonyl (C=O) groups is 1. The number of halogens is 1. The largest absolute Gasteiger partial charge is 0.493 e. The van der Waals surface area contributed by atoms with Crippen LogP contribution in [0.2, 0.25) is 0 Å². The van der Waals surface area contributed by atoms with E-state index in [0.717, 1.165) is 12.1 Å². The van der Waals surface area contributed by atoms with Crippen LogP contribution >= 0.6 is 0 Å². The molecule has 0 radical (unpaired) electrons. The van der Waals surface area contributed by atoms with Crippen molar-refractivity contribution in [1.82, 2.24) is 0 Å². The Morgan fingerprint density at radius 1 is 0.824 bits per heavy atom. The highest BCUT2D eigenvalue weighted by atomic mass is 32.2. The summed E-state index contributed by atoms with van der Waals surface area (Å²) in [4.78, 5) is 12.3. The Hall–Kier alpha value is -4.05. The summed E-state index contributed by atoms with van der Waals surface area (Å²) in [5, 5.41) is 2.66. The number of rotatable bonds is 9. The Bertz CT molecular complexity index is 1290. The van der Waals surface area contributed by atoms with Crippen molar-refractivity contribution in [2.24, 2.45) is 0 Å². The van der Waals surface area contributed by atoms with Crippen molar-refractivity contribution in [3.05, 3.63) is 78.1 Å². The molecule has 178 valence electrons. The highest BCUT2D eigenvalue weighted by Gasteiger charge is 2.16. The smallest absolute Gasteiger partial charge is 0.261 e. The fraction of sp³-hybridized carbons (Fsp3) is 0.125. The summed E-state index contributed by atoms with van der Waals surface area (Å²) in [5.41, 5.74) is 1.23. The highest BCUT2D eigenvalue weighted by Crippen LogP contribution is 2.40. The SMILES string of the molecule is COc1ccc(/C=C/C(=O)Nc2ccc(S(=O)(=O)Nc3ccc(F)cc3)cc2)c(OC)c1OC. The van der Waals surface area contributed by atoms with Crippen LogP contribution in [0, 0.1) is 5.82 Å². The number of benzene rings is 3. The number of methoxy groups -OCH3 is 3. The molecule has 3 rings (SSSR count). The first-order valence-corrected chi connectivity index (χ1v) is 11.4. The average molecular weight is 487 g/mol. The maximum atomic E-state index is 13.0. The van der Waals surface area contributed by atoms with Gasteiger partial charge < -0.3 is 19.5 Å². The lowest BCUT2D eigenvalue weighted by Gasteiger charge is -2.14. The Labute approximate surface area is 197 Å². The second-order valence-corrected chi connectivity index (χ2v) is 8.57. The second kappa shape index (κ2) is 10.7. The van der Waals surface area contributed by atoms with E-state index >= 15 is 0 Å². The van der Waals surface area contributed by atoms with Gasteiger partial charge in [0.2, 0.25) is 11.7 Å². The Morgan fingerprint density at radius 2 is 1.44 bits per heavy atom. The molecule has 0 fully saturated rings. The van der Waals surface area contributed by atoms with Crippen LogP contribution in [0.4, 0.5) is 15.8 Å². The molecule has 0 spiro atoms. The molecular weight excluding hydrogens is 463 g/mol. The summed E-state index contributed by atoms with van der Waals surface area (Å²) >= 11 is 0. The molecule has 10 heteroatoms. The van der Waals surface area contributed by atoms with E-state index in [2.05, 4.69) is 10.0 Å². The summed E-state index contributed by atoms with van der Waals surface area (Å²) in [6.07, 6.45) is 2.87. The van der Waals surface area contributed by atoms with Gasteiger partial charge in [-0.3, -0.25) is 9.52 Å². The van der Waals surface area contributed by atoms with Crippen molar-refractivity contribution in [1.29, 1.82) is 0 Å². The van der Waals surface area contributed by atoms with E-state index in [0.29, 0.717) is 28.5 Å². The Morgan fingerprint density at radius 3 is 2.03 bits per heavy atom. The van der Waals surface area contributed by atoms with Crippen LogP contribution in [0.15, 0.2) is 71.6 Å². The Balaban J connectivity index is 1.69. The third kappa shape index (κ3) is 5.84. The number of anilines is 2. The van der Waals surface area contributed by atoms with Gasteiger partial charge in [0.05, 0.1) is 26.2 Å². The van der Waals surface area contributed by atoms with Crippen molar-refractivity contribution in [2.75, 3.05) is 31.4 Å². The molecule has 2 N–H and O–H groups in total. The normalized spacial score (nSPS) is 11.2. The van der Waals surface area contributed by atoms with Crippen LogP contribution in [-0.4, -0.2) is 35.7 Å². The van der Waals surface area contributed by atoms with Gasteiger partial charge in [-0.25, -0.2) is 12.8 Å². The third-order valence-electron chi connectivity index (χ3n) is 4.68. The zero-order valence-corrected chi connectivity index (χ0v) is 19.5. The molecule has 0 bridgehead atoms. The van der Waals surface area contributed by atoms with Crippen LogP contribution in [0.5, 0.6) is 17.2 Å². The number of sulfonamides is 1. The van der Waals surface area contributed by atoms with Crippen LogP contribution in [0.1, 0.15) is 5.56 Å². The van der Waals surface area contributed by atoms with Crippen molar-refractivity contribution >= 4 is 33.4 Å². The fourth-order valence-corrected chi connectivity index (χ4v) is 4.11. The third-order valence-corrected chi connectivity index (χ3v) is 6.07. The summed E-state index contributed by atoms with van der Waals surface area (Å²) in [6.45, 7) is 0. The van der Waals surface area contributed by atoms with Crippen LogP contribution in [0.3, 0.4) is 0 Å². The molecule has 0 aromatic heterocycles. The standard InChI is InChI=1S/C24H23FN2O6S/c1-31-21-14-4-16(23(32-2)24(21)33-3)5-15-22(28)26-18-10-12-20(13-11-18)34(29,30)27-19-8-6-17(25)7-9-19/h4-15,27H,1-3H3,(H,26,28)/b15-5+. The van der Waals surface area contributed by atoms with E-state index < -0.39 is 21.7 Å². The highest BCUT2D eigenvalue weighted by molar-refractivity contribution is 7.92. The molecular formula is C24H23FN2O6S. The number of ether oxygens (including phenoxy) is 3. The number of hydrogen-bond acceptors (Lipinski definition) is 6. The molecule has 0 aliphatic rings. The molecule has 0 atom stereocenters. The molecule has 8 nitrogen and oxygen atoms in total. The van der Waals surface area contributed by atoms with Crippen molar-refractivity contribution in [3.63, 3.8) is 0 Å². The Kier molecular flexibility index (Phi) is 7.75. The van der Waals surface area contributed by atoms with Gasteiger partial charge in [-0.2, -0.15) is 0 Å². The molecule has 0 saturated carbocycles. The van der Waals surface area contributed by atoms with Crippen molar-refractivity contribution in [3.8, 4) is 17.2 Å². The first-order valence-electron chi connectivity index (χ1n) is 9.94. The van der Waals surface area contributed by atoms with E-state index in [1.165, 1.54) is 63.8 Å². The quantitative estimate of drug-likeness (QED) is 0.437. The number of hydrogen-bond donors (Lipinski definition) is 2. The predicted molar refractivity (Wildman–Crippen MR) is 127 cm³/mol. The van der Waals surface area contributed by atoms with Crippen LogP contribution in [0.25, 0.3) is 6.08 Å². The van der Waals surface area contributed by atoms with E-state index in [1.54, 1.807) is 18.2 Å². The molecule has 0 aliphatic heterocycles. The van der Waals surface area contributed by atoms with Gasteiger partial charge in [0.1, 0.15) is 5.82 Å². The van der Waals surface area contributed by atoms with Gasteiger partial charge in [-0.15, -0.1) is 0 Å². The lowest BCUT2D eigenvalue weighted by atomic mass is 10.1. The van der Waals surface area contributed by atoms with Gasteiger partial charge in [0.25, 0.3) is 10.0 Å². The molecule has 1 amide bonds. The minimum Gasteiger partial charge on any atom is -0.493 e. The lowest BCUT2D eigenvalue weighted by molar-refractivity contribution is -0.111. The number of nitrogens with one attached hydrogen (secondary N) is 2.